The van der Waals surface area contributed by atoms with Crippen molar-refractivity contribution in [2.45, 2.75) is 13.8 Å². The molecule has 0 atom stereocenters. The highest BCUT2D eigenvalue weighted by molar-refractivity contribution is 7.12. The van der Waals surface area contributed by atoms with Crippen LogP contribution < -0.4 is 0 Å². The lowest BCUT2D eigenvalue weighted by Crippen LogP contribution is -1.96. The van der Waals surface area contributed by atoms with Crippen molar-refractivity contribution in [3.63, 3.8) is 0 Å². The summed E-state index contributed by atoms with van der Waals surface area (Å²) in [6.07, 6.45) is 1.91. The van der Waals surface area contributed by atoms with Gasteiger partial charge in [0, 0.05) is 11.4 Å². The average molecular weight is 344 g/mol. The first kappa shape index (κ1) is 15.4. The lowest BCUT2D eigenvalue weighted by atomic mass is 10.1. The number of nitriles is 1. The number of thiophene rings is 1. The third-order valence-corrected chi connectivity index (χ3v) is 5.11. The minimum Gasteiger partial charge on any atom is -0.337 e. The molecule has 0 spiro atoms. The van der Waals surface area contributed by atoms with Gasteiger partial charge in [0.05, 0.1) is 21.6 Å². The van der Waals surface area contributed by atoms with E-state index in [1.807, 2.05) is 36.4 Å². The van der Waals surface area contributed by atoms with Gasteiger partial charge in [-0.15, -0.1) is 11.3 Å². The topological polar surface area (TPSA) is 57.4 Å². The van der Waals surface area contributed by atoms with Crippen molar-refractivity contribution in [2.75, 3.05) is 0 Å². The molecule has 0 unspecified atom stereocenters. The Bertz CT molecular complexity index is 1090. The van der Waals surface area contributed by atoms with Crippen LogP contribution in [0.2, 0.25) is 0 Å². The SMILES string of the molecule is Cc1cc(/C=C(\C#N)c2nc3ccccc3[nH]2)c(C)n1-c1cccs1. The molecule has 0 saturated heterocycles. The zero-order chi connectivity index (χ0) is 17.4. The van der Waals surface area contributed by atoms with Gasteiger partial charge in [-0.25, -0.2) is 4.98 Å². The Morgan fingerprint density at radius 1 is 1.24 bits per heavy atom. The minimum absolute atomic E-state index is 0.530. The van der Waals surface area contributed by atoms with E-state index >= 15 is 0 Å². The van der Waals surface area contributed by atoms with Gasteiger partial charge in [0.15, 0.2) is 0 Å². The predicted octanol–water partition coefficient (Wildman–Crippen LogP) is 5.10. The number of aromatic nitrogens is 3. The first-order chi connectivity index (χ1) is 12.2. The van der Waals surface area contributed by atoms with E-state index in [2.05, 4.69) is 52.0 Å². The van der Waals surface area contributed by atoms with Gasteiger partial charge in [0.1, 0.15) is 11.9 Å². The number of aromatic amines is 1. The second-order valence-electron chi connectivity index (χ2n) is 5.89. The number of aryl methyl sites for hydroxylation is 1. The highest BCUT2D eigenvalue weighted by Gasteiger charge is 2.13. The summed E-state index contributed by atoms with van der Waals surface area (Å²) in [6, 6.07) is 16.3. The molecule has 3 heterocycles. The molecular weight excluding hydrogens is 328 g/mol. The predicted molar refractivity (Wildman–Crippen MR) is 103 cm³/mol. The zero-order valence-electron chi connectivity index (χ0n) is 13.9. The summed E-state index contributed by atoms with van der Waals surface area (Å²) in [5, 5.41) is 12.9. The number of hydrogen-bond acceptors (Lipinski definition) is 3. The molecule has 4 nitrogen and oxygen atoms in total. The molecule has 5 heteroatoms. The van der Waals surface area contributed by atoms with Gasteiger partial charge in [0.2, 0.25) is 0 Å². The van der Waals surface area contributed by atoms with Crippen molar-refractivity contribution in [1.29, 1.82) is 5.26 Å². The Labute approximate surface area is 149 Å². The van der Waals surface area contributed by atoms with Gasteiger partial charge in [-0.1, -0.05) is 12.1 Å². The molecule has 4 aromatic rings. The number of fused-ring (bicyclic) bond motifs is 1. The smallest absolute Gasteiger partial charge is 0.149 e. The summed E-state index contributed by atoms with van der Waals surface area (Å²) in [5.74, 6) is 0.602. The summed E-state index contributed by atoms with van der Waals surface area (Å²) in [6.45, 7) is 4.16. The van der Waals surface area contributed by atoms with Crippen molar-refractivity contribution >= 4 is 34.0 Å². The number of para-hydroxylation sites is 2. The van der Waals surface area contributed by atoms with Gasteiger partial charge in [-0.05, 0) is 61.2 Å². The molecule has 0 saturated carbocycles. The maximum atomic E-state index is 9.63. The fraction of sp³-hybridized carbons (Fsp3) is 0.100. The van der Waals surface area contributed by atoms with E-state index in [9.17, 15) is 5.26 Å². The first-order valence-electron chi connectivity index (χ1n) is 7.97. The van der Waals surface area contributed by atoms with Crippen molar-refractivity contribution in [1.82, 2.24) is 14.5 Å². The Kier molecular flexibility index (Phi) is 3.75. The van der Waals surface area contributed by atoms with Crippen LogP contribution in [0.4, 0.5) is 0 Å². The maximum absolute atomic E-state index is 9.63. The minimum atomic E-state index is 0.530. The van der Waals surface area contributed by atoms with E-state index in [0.29, 0.717) is 11.4 Å². The quantitative estimate of drug-likeness (QED) is 0.526. The van der Waals surface area contributed by atoms with Crippen LogP contribution in [-0.2, 0) is 0 Å². The molecule has 1 N–H and O–H groups in total. The third-order valence-electron chi connectivity index (χ3n) is 4.26. The molecule has 4 rings (SSSR count). The zero-order valence-corrected chi connectivity index (χ0v) is 14.8. The van der Waals surface area contributed by atoms with Crippen LogP contribution in [0.25, 0.3) is 27.7 Å². The number of benzene rings is 1. The van der Waals surface area contributed by atoms with E-state index < -0.39 is 0 Å². The number of H-pyrrole nitrogens is 1. The fourth-order valence-electron chi connectivity index (χ4n) is 3.06. The summed E-state index contributed by atoms with van der Waals surface area (Å²) in [7, 11) is 0. The van der Waals surface area contributed by atoms with Crippen molar-refractivity contribution in [3.8, 4) is 11.1 Å². The number of nitrogens with one attached hydrogen (secondary N) is 1. The summed E-state index contributed by atoms with van der Waals surface area (Å²) in [4.78, 5) is 7.77. The molecule has 0 aliphatic carbocycles. The van der Waals surface area contributed by atoms with Crippen molar-refractivity contribution in [2.24, 2.45) is 0 Å². The maximum Gasteiger partial charge on any atom is 0.149 e. The third kappa shape index (κ3) is 2.67. The van der Waals surface area contributed by atoms with E-state index in [1.165, 1.54) is 5.00 Å². The van der Waals surface area contributed by atoms with Gasteiger partial charge in [-0.2, -0.15) is 5.26 Å². The van der Waals surface area contributed by atoms with Crippen LogP contribution in [0.3, 0.4) is 0 Å². The van der Waals surface area contributed by atoms with Crippen LogP contribution in [0.1, 0.15) is 22.8 Å². The highest BCUT2D eigenvalue weighted by Crippen LogP contribution is 2.27. The first-order valence-corrected chi connectivity index (χ1v) is 8.85. The summed E-state index contributed by atoms with van der Waals surface area (Å²) >= 11 is 1.70. The second-order valence-corrected chi connectivity index (χ2v) is 6.81. The Hall–Kier alpha value is -3.10. The second kappa shape index (κ2) is 6.08. The number of nitrogens with zero attached hydrogens (tertiary/aromatic N) is 3. The van der Waals surface area contributed by atoms with Crippen LogP contribution >= 0.6 is 11.3 Å². The number of rotatable bonds is 3. The molecule has 1 aromatic carbocycles. The number of hydrogen-bond donors (Lipinski definition) is 1. The van der Waals surface area contributed by atoms with Crippen molar-refractivity contribution < 1.29 is 0 Å². The molecule has 3 aromatic heterocycles. The molecule has 0 aliphatic rings. The lowest BCUT2D eigenvalue weighted by Gasteiger charge is -2.05. The molecule has 0 bridgehead atoms. The van der Waals surface area contributed by atoms with Gasteiger partial charge >= 0.3 is 0 Å². The van der Waals surface area contributed by atoms with Crippen LogP contribution in [0.5, 0.6) is 0 Å². The molecule has 0 radical (unpaired) electrons. The van der Waals surface area contributed by atoms with Crippen LogP contribution in [0.15, 0.2) is 47.8 Å². The molecule has 122 valence electrons. The molecule has 25 heavy (non-hydrogen) atoms. The molecule has 0 aliphatic heterocycles. The van der Waals surface area contributed by atoms with Gasteiger partial charge in [0.25, 0.3) is 0 Å². The standard InChI is InChI=1S/C20H16N4S/c1-13-10-15(14(2)24(13)19-8-5-9-25-19)11-16(12-21)20-22-17-6-3-4-7-18(17)23-20/h3-11H,1-2H3,(H,22,23)/b16-11+. The average Bonchev–Trinajstić information content (AvgIpc) is 3.32. The van der Waals surface area contributed by atoms with Crippen molar-refractivity contribution in [3.05, 3.63) is 70.6 Å². The Morgan fingerprint density at radius 2 is 2.08 bits per heavy atom. The monoisotopic (exact) mass is 344 g/mol. The number of imidazole rings is 1. The fourth-order valence-corrected chi connectivity index (χ4v) is 3.90. The summed E-state index contributed by atoms with van der Waals surface area (Å²) < 4.78 is 2.21. The van der Waals surface area contributed by atoms with E-state index in [-0.39, 0.29) is 0 Å². The lowest BCUT2D eigenvalue weighted by molar-refractivity contribution is 0.985. The van der Waals surface area contributed by atoms with Gasteiger partial charge < -0.3 is 9.55 Å². The van der Waals surface area contributed by atoms with E-state index in [0.717, 1.165) is 28.0 Å². The molecule has 0 amide bonds. The van der Waals surface area contributed by atoms with Crippen LogP contribution in [-0.4, -0.2) is 14.5 Å². The Morgan fingerprint density at radius 3 is 2.80 bits per heavy atom. The highest BCUT2D eigenvalue weighted by atomic mass is 32.1. The molecular formula is C20H16N4S. The largest absolute Gasteiger partial charge is 0.337 e. The normalized spacial score (nSPS) is 11.8. The van der Waals surface area contributed by atoms with Gasteiger partial charge in [-0.3, -0.25) is 0 Å². The summed E-state index contributed by atoms with van der Waals surface area (Å²) in [5.41, 5.74) is 5.62. The number of allylic oxidation sites excluding steroid dienone is 1. The van der Waals surface area contributed by atoms with Crippen LogP contribution in [0, 0.1) is 25.2 Å². The Balaban J connectivity index is 1.81. The van der Waals surface area contributed by atoms with E-state index in [1.54, 1.807) is 11.3 Å². The molecule has 0 fully saturated rings. The van der Waals surface area contributed by atoms with E-state index in [4.69, 9.17) is 0 Å².